The molecule has 0 fully saturated rings. The minimum Gasteiger partial charge on any atom is -0.327 e. The number of hydrogen-bond acceptors (Lipinski definition) is 3. The average Bonchev–Trinajstić information content (AvgIpc) is 2.32. The fourth-order valence-corrected chi connectivity index (χ4v) is 2.45. The van der Waals surface area contributed by atoms with Crippen LogP contribution in [0.5, 0.6) is 0 Å². The fourth-order valence-electron chi connectivity index (χ4n) is 2.45. The second-order valence-corrected chi connectivity index (χ2v) is 5.66. The highest BCUT2D eigenvalue weighted by molar-refractivity contribution is 4.69. The van der Waals surface area contributed by atoms with Gasteiger partial charge in [0.1, 0.15) is 0 Å². The van der Waals surface area contributed by atoms with Crippen LogP contribution in [0, 0.1) is 5.92 Å². The predicted molar refractivity (Wildman–Crippen MR) is 81.9 cm³/mol. The van der Waals surface area contributed by atoms with Gasteiger partial charge in [0.05, 0.1) is 0 Å². The summed E-state index contributed by atoms with van der Waals surface area (Å²) in [4.78, 5) is 4.98. The van der Waals surface area contributed by atoms with Crippen LogP contribution in [-0.4, -0.2) is 55.1 Å². The zero-order valence-electron chi connectivity index (χ0n) is 13.3. The van der Waals surface area contributed by atoms with Crippen LogP contribution in [0.3, 0.4) is 0 Å². The fraction of sp³-hybridized carbons (Fsp3) is 1.00. The van der Waals surface area contributed by atoms with Crippen molar-refractivity contribution in [3.05, 3.63) is 0 Å². The third kappa shape index (κ3) is 8.90. The largest absolute Gasteiger partial charge is 0.327 e. The van der Waals surface area contributed by atoms with Crippen LogP contribution >= 0.6 is 0 Å². The van der Waals surface area contributed by atoms with Crippen molar-refractivity contribution in [1.82, 2.24) is 9.80 Å². The smallest absolute Gasteiger partial charge is 0.0170 e. The number of likely N-dealkylation sites (N-methyl/N-ethyl adjacent to an activating group) is 1. The lowest BCUT2D eigenvalue weighted by Crippen LogP contribution is -2.39. The molecule has 0 heterocycles. The van der Waals surface area contributed by atoms with Gasteiger partial charge >= 0.3 is 0 Å². The van der Waals surface area contributed by atoms with E-state index in [0.29, 0.717) is 12.0 Å². The molecule has 3 nitrogen and oxygen atoms in total. The Kier molecular flexibility index (Phi) is 10.7. The van der Waals surface area contributed by atoms with Gasteiger partial charge in [0, 0.05) is 12.6 Å². The van der Waals surface area contributed by atoms with Gasteiger partial charge in [0.2, 0.25) is 0 Å². The van der Waals surface area contributed by atoms with E-state index in [2.05, 4.69) is 44.4 Å². The van der Waals surface area contributed by atoms with Crippen LogP contribution in [0.4, 0.5) is 0 Å². The first-order chi connectivity index (χ1) is 8.53. The Bertz CT molecular complexity index is 179. The molecule has 0 saturated carbocycles. The van der Waals surface area contributed by atoms with E-state index in [9.17, 15) is 0 Å². The van der Waals surface area contributed by atoms with Gasteiger partial charge in [-0.1, -0.05) is 34.6 Å². The van der Waals surface area contributed by atoms with Crippen molar-refractivity contribution in [2.24, 2.45) is 11.7 Å². The van der Waals surface area contributed by atoms with Crippen molar-refractivity contribution < 1.29 is 0 Å². The van der Waals surface area contributed by atoms with Gasteiger partial charge in [-0.25, -0.2) is 0 Å². The third-order valence-electron chi connectivity index (χ3n) is 3.56. The molecule has 2 N–H and O–H groups in total. The number of nitrogens with two attached hydrogens (primary N) is 1. The zero-order chi connectivity index (χ0) is 14.0. The maximum atomic E-state index is 6.18. The number of hydrogen-bond donors (Lipinski definition) is 1. The molecule has 0 bridgehead atoms. The van der Waals surface area contributed by atoms with Crippen molar-refractivity contribution in [1.29, 1.82) is 0 Å². The summed E-state index contributed by atoms with van der Waals surface area (Å²) >= 11 is 0. The van der Waals surface area contributed by atoms with Gasteiger partial charge < -0.3 is 15.5 Å². The zero-order valence-corrected chi connectivity index (χ0v) is 13.3. The SMILES string of the molecule is CCN(CC)CCCN(CC)C[C@H](N)CC(C)C. The van der Waals surface area contributed by atoms with Crippen molar-refractivity contribution in [3.8, 4) is 0 Å². The first-order valence-electron chi connectivity index (χ1n) is 7.73. The van der Waals surface area contributed by atoms with Gasteiger partial charge in [0.15, 0.2) is 0 Å². The standard InChI is InChI=1S/C15H35N3/c1-6-17(7-2)10-9-11-18(8-3)13-15(16)12-14(4)5/h14-15H,6-13,16H2,1-5H3/t15-/m1/s1. The predicted octanol–water partition coefficient (Wildman–Crippen LogP) is 2.41. The van der Waals surface area contributed by atoms with E-state index in [1.807, 2.05) is 0 Å². The molecule has 18 heavy (non-hydrogen) atoms. The molecule has 0 radical (unpaired) electrons. The first-order valence-corrected chi connectivity index (χ1v) is 7.73. The molecule has 0 aromatic carbocycles. The van der Waals surface area contributed by atoms with Gasteiger partial charge in [-0.3, -0.25) is 0 Å². The molecule has 0 saturated heterocycles. The summed E-state index contributed by atoms with van der Waals surface area (Å²) in [6.45, 7) is 18.1. The van der Waals surface area contributed by atoms with Crippen LogP contribution < -0.4 is 5.73 Å². The molecule has 110 valence electrons. The molecule has 0 aliphatic rings. The maximum Gasteiger partial charge on any atom is 0.0170 e. The number of nitrogens with zero attached hydrogens (tertiary/aromatic N) is 2. The van der Waals surface area contributed by atoms with E-state index in [0.717, 1.165) is 32.6 Å². The van der Waals surface area contributed by atoms with Gasteiger partial charge in [-0.15, -0.1) is 0 Å². The van der Waals surface area contributed by atoms with E-state index >= 15 is 0 Å². The molecular formula is C15H35N3. The Morgan fingerprint density at radius 1 is 0.889 bits per heavy atom. The lowest BCUT2D eigenvalue weighted by atomic mass is 10.0. The van der Waals surface area contributed by atoms with Crippen molar-refractivity contribution in [3.63, 3.8) is 0 Å². The molecule has 0 amide bonds. The van der Waals surface area contributed by atoms with Crippen LogP contribution in [0.15, 0.2) is 0 Å². The summed E-state index contributed by atoms with van der Waals surface area (Å²) in [6, 6.07) is 0.332. The number of rotatable bonds is 11. The van der Waals surface area contributed by atoms with E-state index in [1.165, 1.54) is 19.5 Å². The molecule has 1 atom stereocenters. The second kappa shape index (κ2) is 10.8. The molecule has 3 heteroatoms. The van der Waals surface area contributed by atoms with Crippen molar-refractivity contribution in [2.45, 2.75) is 53.5 Å². The summed E-state index contributed by atoms with van der Waals surface area (Å²) in [6.07, 6.45) is 2.39. The third-order valence-corrected chi connectivity index (χ3v) is 3.56. The minimum atomic E-state index is 0.332. The van der Waals surface area contributed by atoms with Crippen molar-refractivity contribution in [2.75, 3.05) is 39.3 Å². The Morgan fingerprint density at radius 3 is 1.83 bits per heavy atom. The molecule has 0 aliphatic heterocycles. The quantitative estimate of drug-likeness (QED) is 0.617. The Labute approximate surface area is 115 Å². The first kappa shape index (κ1) is 17.9. The summed E-state index contributed by atoms with van der Waals surface area (Å²) in [5.74, 6) is 0.703. The minimum absolute atomic E-state index is 0.332. The van der Waals surface area contributed by atoms with Gasteiger partial charge in [-0.2, -0.15) is 0 Å². The monoisotopic (exact) mass is 257 g/mol. The molecule has 0 spiro atoms. The lowest BCUT2D eigenvalue weighted by molar-refractivity contribution is 0.228. The summed E-state index contributed by atoms with van der Waals surface area (Å²) in [7, 11) is 0. The second-order valence-electron chi connectivity index (χ2n) is 5.66. The van der Waals surface area contributed by atoms with E-state index in [4.69, 9.17) is 5.73 Å². The molecule has 0 rings (SSSR count). The van der Waals surface area contributed by atoms with Gasteiger partial charge in [-0.05, 0) is 51.5 Å². The Hall–Kier alpha value is -0.120. The normalized spacial score (nSPS) is 13.8. The van der Waals surface area contributed by atoms with E-state index in [-0.39, 0.29) is 0 Å². The van der Waals surface area contributed by atoms with E-state index < -0.39 is 0 Å². The van der Waals surface area contributed by atoms with Crippen LogP contribution in [-0.2, 0) is 0 Å². The summed E-state index contributed by atoms with van der Waals surface area (Å²) in [5.41, 5.74) is 6.18. The summed E-state index contributed by atoms with van der Waals surface area (Å²) in [5, 5.41) is 0. The van der Waals surface area contributed by atoms with Crippen LogP contribution in [0.25, 0.3) is 0 Å². The Morgan fingerprint density at radius 2 is 1.39 bits per heavy atom. The van der Waals surface area contributed by atoms with Crippen molar-refractivity contribution >= 4 is 0 Å². The topological polar surface area (TPSA) is 32.5 Å². The maximum absolute atomic E-state index is 6.18. The molecule has 0 aliphatic carbocycles. The molecular weight excluding hydrogens is 222 g/mol. The highest BCUT2D eigenvalue weighted by atomic mass is 15.1. The molecule has 0 aromatic heterocycles. The van der Waals surface area contributed by atoms with Crippen LogP contribution in [0.2, 0.25) is 0 Å². The molecule has 0 unspecified atom stereocenters. The lowest BCUT2D eigenvalue weighted by Gasteiger charge is -2.26. The van der Waals surface area contributed by atoms with Gasteiger partial charge in [0.25, 0.3) is 0 Å². The Balaban J connectivity index is 3.82. The highest BCUT2D eigenvalue weighted by Crippen LogP contribution is 2.05. The van der Waals surface area contributed by atoms with E-state index in [1.54, 1.807) is 0 Å². The highest BCUT2D eigenvalue weighted by Gasteiger charge is 2.10. The molecule has 0 aromatic rings. The van der Waals surface area contributed by atoms with Crippen LogP contribution in [0.1, 0.15) is 47.5 Å². The average molecular weight is 257 g/mol. The summed E-state index contributed by atoms with van der Waals surface area (Å²) < 4.78 is 0.